The topological polar surface area (TPSA) is 101 Å². The lowest BCUT2D eigenvalue weighted by molar-refractivity contribution is 0.498. The van der Waals surface area contributed by atoms with Gasteiger partial charge in [-0.25, -0.2) is 13.4 Å². The van der Waals surface area contributed by atoms with E-state index in [2.05, 4.69) is 9.71 Å². The van der Waals surface area contributed by atoms with Crippen molar-refractivity contribution in [2.24, 2.45) is 0 Å². The van der Waals surface area contributed by atoms with Gasteiger partial charge >= 0.3 is 0 Å². The molecule has 0 saturated heterocycles. The van der Waals surface area contributed by atoms with Gasteiger partial charge in [-0.15, -0.1) is 0 Å². The average Bonchev–Trinajstić information content (AvgIpc) is 3.26. The van der Waals surface area contributed by atoms with Gasteiger partial charge in [0.1, 0.15) is 0 Å². The summed E-state index contributed by atoms with van der Waals surface area (Å²) >= 11 is 5.81. The van der Waals surface area contributed by atoms with Crippen molar-refractivity contribution in [2.75, 3.05) is 4.72 Å². The Labute approximate surface area is 184 Å². The molecule has 0 aliphatic carbocycles. The summed E-state index contributed by atoms with van der Waals surface area (Å²) in [6, 6.07) is 20.5. The van der Waals surface area contributed by atoms with Crippen LogP contribution in [0.2, 0.25) is 5.02 Å². The summed E-state index contributed by atoms with van der Waals surface area (Å²) in [6.07, 6.45) is 3.02. The van der Waals surface area contributed by atoms with E-state index in [4.69, 9.17) is 11.6 Å². The fraction of sp³-hybridized carbons (Fsp3) is 0. The number of anilines is 1. The number of imidazole rings is 1. The zero-order chi connectivity index (χ0) is 22.1. The first-order valence-corrected chi connectivity index (χ1v) is 12.6. The average molecular weight is 474 g/mol. The summed E-state index contributed by atoms with van der Waals surface area (Å²) in [5.74, 6) is 0. The van der Waals surface area contributed by atoms with Gasteiger partial charge in [-0.3, -0.25) is 13.9 Å². The minimum Gasteiger partial charge on any atom is -0.336 e. The molecule has 4 rings (SSSR count). The zero-order valence-corrected chi connectivity index (χ0v) is 18.4. The SMILES string of the molecule is O=P(O)(c1ccccc1)c1nccn1-c1ccc(NS(=O)(=O)c2ccc(Cl)cc2)cc1. The first-order chi connectivity index (χ1) is 14.8. The van der Waals surface area contributed by atoms with Crippen molar-refractivity contribution in [2.45, 2.75) is 4.90 Å². The maximum absolute atomic E-state index is 13.1. The third kappa shape index (κ3) is 4.43. The maximum atomic E-state index is 13.1. The minimum absolute atomic E-state index is 0.00759. The molecule has 3 aromatic carbocycles. The number of nitrogens with one attached hydrogen (secondary N) is 1. The number of hydrogen-bond donors (Lipinski definition) is 2. The lowest BCUT2D eigenvalue weighted by Crippen LogP contribution is -2.24. The van der Waals surface area contributed by atoms with Crippen molar-refractivity contribution in [3.05, 3.63) is 96.3 Å². The summed E-state index contributed by atoms with van der Waals surface area (Å²) in [4.78, 5) is 14.9. The van der Waals surface area contributed by atoms with Crippen LogP contribution in [0.25, 0.3) is 5.69 Å². The van der Waals surface area contributed by atoms with Gasteiger partial charge in [0, 0.05) is 34.1 Å². The third-order valence-electron chi connectivity index (χ3n) is 4.52. The molecule has 7 nitrogen and oxygen atoms in total. The molecule has 1 heterocycles. The molecule has 2 N–H and O–H groups in total. The minimum atomic E-state index is -3.91. The molecule has 1 atom stereocenters. The van der Waals surface area contributed by atoms with Crippen molar-refractivity contribution >= 4 is 45.6 Å². The van der Waals surface area contributed by atoms with Gasteiger partial charge in [-0.05, 0) is 60.7 Å². The van der Waals surface area contributed by atoms with Gasteiger partial charge in [-0.2, -0.15) is 0 Å². The molecule has 0 saturated carbocycles. The summed E-state index contributed by atoms with van der Waals surface area (Å²) in [5, 5.41) is 0.714. The van der Waals surface area contributed by atoms with E-state index < -0.39 is 17.4 Å². The second-order valence-corrected chi connectivity index (χ2v) is 10.8. The van der Waals surface area contributed by atoms with E-state index in [0.717, 1.165) is 0 Å². The Morgan fingerprint density at radius 2 is 1.58 bits per heavy atom. The normalized spacial score (nSPS) is 13.5. The van der Waals surface area contributed by atoms with Crippen LogP contribution in [0.15, 0.2) is 96.2 Å². The highest BCUT2D eigenvalue weighted by Crippen LogP contribution is 2.37. The molecule has 0 fully saturated rings. The number of halogens is 1. The van der Waals surface area contributed by atoms with E-state index >= 15 is 0 Å². The predicted molar refractivity (Wildman–Crippen MR) is 121 cm³/mol. The summed E-state index contributed by atoms with van der Waals surface area (Å²) < 4.78 is 42.1. The second kappa shape index (κ2) is 8.32. The maximum Gasteiger partial charge on any atom is 0.293 e. The molecule has 10 heteroatoms. The van der Waals surface area contributed by atoms with Crippen LogP contribution >= 0.6 is 19.0 Å². The van der Waals surface area contributed by atoms with E-state index in [9.17, 15) is 17.9 Å². The van der Waals surface area contributed by atoms with Crippen LogP contribution in [0, 0.1) is 0 Å². The number of aromatic nitrogens is 2. The van der Waals surface area contributed by atoms with Crippen LogP contribution in [0.4, 0.5) is 5.69 Å². The van der Waals surface area contributed by atoms with Crippen LogP contribution < -0.4 is 15.6 Å². The van der Waals surface area contributed by atoms with E-state index in [0.29, 0.717) is 16.4 Å². The number of benzene rings is 3. The highest BCUT2D eigenvalue weighted by molar-refractivity contribution is 7.92. The molecule has 0 radical (unpaired) electrons. The molecule has 0 amide bonds. The smallest absolute Gasteiger partial charge is 0.293 e. The molecule has 158 valence electrons. The Morgan fingerprint density at radius 1 is 0.935 bits per heavy atom. The quantitative estimate of drug-likeness (QED) is 0.417. The van der Waals surface area contributed by atoms with Crippen molar-refractivity contribution in [3.63, 3.8) is 0 Å². The van der Waals surface area contributed by atoms with Crippen molar-refractivity contribution in [3.8, 4) is 5.69 Å². The van der Waals surface area contributed by atoms with Crippen LogP contribution in [0.5, 0.6) is 0 Å². The van der Waals surface area contributed by atoms with Gasteiger partial charge in [0.2, 0.25) is 5.57 Å². The molecule has 4 aromatic rings. The largest absolute Gasteiger partial charge is 0.336 e. The van der Waals surface area contributed by atoms with Crippen molar-refractivity contribution < 1.29 is 17.9 Å². The number of rotatable bonds is 6. The first-order valence-electron chi connectivity index (χ1n) is 9.08. The fourth-order valence-corrected chi connectivity index (χ4v) is 5.67. The highest BCUT2D eigenvalue weighted by atomic mass is 35.5. The Balaban J connectivity index is 1.61. The van der Waals surface area contributed by atoms with Crippen LogP contribution in [-0.2, 0) is 14.6 Å². The predicted octanol–water partition coefficient (Wildman–Crippen LogP) is 3.55. The summed E-state index contributed by atoms with van der Waals surface area (Å²) in [5.41, 5.74) is 0.913. The zero-order valence-electron chi connectivity index (χ0n) is 16.0. The molecule has 0 spiro atoms. The van der Waals surface area contributed by atoms with Gasteiger partial charge in [0.25, 0.3) is 17.4 Å². The number of hydrogen-bond acceptors (Lipinski definition) is 4. The van der Waals surface area contributed by atoms with Crippen LogP contribution in [0.3, 0.4) is 0 Å². The highest BCUT2D eigenvalue weighted by Gasteiger charge is 2.29. The van der Waals surface area contributed by atoms with Crippen LogP contribution in [-0.4, -0.2) is 22.9 Å². The fourth-order valence-electron chi connectivity index (χ4n) is 2.98. The molecular formula is C21H17ClN3O4PS. The Kier molecular flexibility index (Phi) is 5.73. The Morgan fingerprint density at radius 3 is 2.23 bits per heavy atom. The molecule has 0 aliphatic heterocycles. The number of nitrogens with zero attached hydrogens (tertiary/aromatic N) is 2. The molecule has 1 aromatic heterocycles. The second-order valence-electron chi connectivity index (χ2n) is 6.62. The number of sulfonamides is 1. The molecular weight excluding hydrogens is 457 g/mol. The summed E-state index contributed by atoms with van der Waals surface area (Å²) in [7, 11) is -7.69. The first kappa shape index (κ1) is 21.3. The van der Waals surface area contributed by atoms with Gasteiger partial charge in [0.05, 0.1) is 4.90 Å². The Bertz CT molecular complexity index is 1360. The monoisotopic (exact) mass is 473 g/mol. The molecule has 0 aliphatic rings. The van der Waals surface area contributed by atoms with Crippen molar-refractivity contribution in [1.29, 1.82) is 0 Å². The Hall–Kier alpha value is -2.90. The van der Waals surface area contributed by atoms with E-state index in [1.165, 1.54) is 35.0 Å². The van der Waals surface area contributed by atoms with E-state index in [1.807, 2.05) is 0 Å². The lowest BCUT2D eigenvalue weighted by Gasteiger charge is -2.14. The van der Waals surface area contributed by atoms with Gasteiger partial charge in [0.15, 0.2) is 0 Å². The lowest BCUT2D eigenvalue weighted by atomic mass is 10.3. The van der Waals surface area contributed by atoms with Gasteiger partial charge in [-0.1, -0.05) is 29.8 Å². The van der Waals surface area contributed by atoms with Gasteiger partial charge < -0.3 is 4.89 Å². The molecule has 0 bridgehead atoms. The standard InChI is InChI=1S/C21H17ClN3O4PS/c22-16-6-12-20(13-7-16)31(28,29)24-17-8-10-18(11-9-17)25-15-14-23-21(25)30(26,27)19-4-2-1-3-5-19/h1-15,24H,(H,26,27). The van der Waals surface area contributed by atoms with Crippen LogP contribution in [0.1, 0.15) is 0 Å². The van der Waals surface area contributed by atoms with Crippen molar-refractivity contribution in [1.82, 2.24) is 9.55 Å². The summed E-state index contributed by atoms with van der Waals surface area (Å²) in [6.45, 7) is 0. The van der Waals surface area contributed by atoms with E-state index in [1.54, 1.807) is 60.8 Å². The molecule has 1 unspecified atom stereocenters. The van der Waals surface area contributed by atoms with E-state index in [-0.39, 0.29) is 15.8 Å². The molecule has 31 heavy (non-hydrogen) atoms. The third-order valence-corrected chi connectivity index (χ3v) is 8.04.